The van der Waals surface area contributed by atoms with Crippen LogP contribution in [0.3, 0.4) is 0 Å². The molecule has 1 saturated heterocycles. The first-order valence-electron chi connectivity index (χ1n) is 5.88. The fourth-order valence-corrected chi connectivity index (χ4v) is 1.93. The van der Waals surface area contributed by atoms with E-state index in [9.17, 15) is 4.79 Å². The standard InChI is InChI=1S/C11H23N3O/c1-10(6-7-12)13(2)11(15)14-8-4-3-5-9-14/h10H,3-9,12H2,1-2H3. The van der Waals surface area contributed by atoms with Gasteiger partial charge in [-0.3, -0.25) is 0 Å². The van der Waals surface area contributed by atoms with Crippen LogP contribution < -0.4 is 5.73 Å². The Morgan fingerprint density at radius 3 is 2.53 bits per heavy atom. The van der Waals surface area contributed by atoms with Gasteiger partial charge in [0.2, 0.25) is 0 Å². The number of amides is 2. The number of urea groups is 1. The lowest BCUT2D eigenvalue weighted by Crippen LogP contribution is -2.47. The number of piperidine rings is 1. The number of hydrogen-bond donors (Lipinski definition) is 1. The Morgan fingerprint density at radius 2 is 2.00 bits per heavy atom. The summed E-state index contributed by atoms with van der Waals surface area (Å²) in [5.41, 5.74) is 5.49. The molecular formula is C11H23N3O. The van der Waals surface area contributed by atoms with E-state index in [1.807, 2.05) is 16.8 Å². The third-order valence-electron chi connectivity index (χ3n) is 3.17. The second-order valence-corrected chi connectivity index (χ2v) is 4.37. The highest BCUT2D eigenvalue weighted by molar-refractivity contribution is 5.74. The average molecular weight is 213 g/mol. The lowest BCUT2D eigenvalue weighted by molar-refractivity contribution is 0.139. The molecular weight excluding hydrogens is 190 g/mol. The predicted octanol–water partition coefficient (Wildman–Crippen LogP) is 1.26. The van der Waals surface area contributed by atoms with Crippen LogP contribution in [0.1, 0.15) is 32.6 Å². The topological polar surface area (TPSA) is 49.6 Å². The molecule has 2 N–H and O–H groups in total. The Morgan fingerprint density at radius 1 is 1.40 bits per heavy atom. The van der Waals surface area contributed by atoms with Crippen molar-refractivity contribution in [3.63, 3.8) is 0 Å². The van der Waals surface area contributed by atoms with E-state index in [4.69, 9.17) is 5.73 Å². The summed E-state index contributed by atoms with van der Waals surface area (Å²) < 4.78 is 0. The van der Waals surface area contributed by atoms with Crippen LogP contribution in [0.4, 0.5) is 4.79 Å². The molecule has 88 valence electrons. The van der Waals surface area contributed by atoms with E-state index in [0.717, 1.165) is 32.4 Å². The molecule has 1 aliphatic rings. The minimum absolute atomic E-state index is 0.163. The summed E-state index contributed by atoms with van der Waals surface area (Å²) in [7, 11) is 1.87. The number of nitrogens with two attached hydrogens (primary N) is 1. The third kappa shape index (κ3) is 3.38. The van der Waals surface area contributed by atoms with Gasteiger partial charge in [0.05, 0.1) is 0 Å². The third-order valence-corrected chi connectivity index (χ3v) is 3.17. The Kier molecular flexibility index (Phi) is 4.88. The van der Waals surface area contributed by atoms with E-state index in [-0.39, 0.29) is 12.1 Å². The zero-order valence-electron chi connectivity index (χ0n) is 9.91. The first kappa shape index (κ1) is 12.3. The van der Waals surface area contributed by atoms with Crippen molar-refractivity contribution in [1.29, 1.82) is 0 Å². The predicted molar refractivity (Wildman–Crippen MR) is 61.7 cm³/mol. The molecule has 1 rings (SSSR count). The van der Waals surface area contributed by atoms with Crippen molar-refractivity contribution in [3.05, 3.63) is 0 Å². The van der Waals surface area contributed by atoms with Crippen LogP contribution in [0.5, 0.6) is 0 Å². The SMILES string of the molecule is CC(CCN)N(C)C(=O)N1CCCCC1. The molecule has 0 bridgehead atoms. The van der Waals surface area contributed by atoms with Gasteiger partial charge in [0, 0.05) is 26.2 Å². The van der Waals surface area contributed by atoms with Crippen molar-refractivity contribution in [2.24, 2.45) is 5.73 Å². The molecule has 0 aromatic heterocycles. The summed E-state index contributed by atoms with van der Waals surface area (Å²) in [5.74, 6) is 0. The first-order valence-corrected chi connectivity index (χ1v) is 5.88. The quantitative estimate of drug-likeness (QED) is 0.767. The van der Waals surface area contributed by atoms with Crippen LogP contribution in [0, 0.1) is 0 Å². The van der Waals surface area contributed by atoms with Crippen molar-refractivity contribution in [1.82, 2.24) is 9.80 Å². The van der Waals surface area contributed by atoms with Gasteiger partial charge in [-0.05, 0) is 39.2 Å². The van der Waals surface area contributed by atoms with E-state index in [1.165, 1.54) is 6.42 Å². The number of rotatable bonds is 3. The molecule has 1 fully saturated rings. The smallest absolute Gasteiger partial charge is 0.319 e. The maximum absolute atomic E-state index is 12.0. The highest BCUT2D eigenvalue weighted by atomic mass is 16.2. The zero-order chi connectivity index (χ0) is 11.3. The normalized spacial score (nSPS) is 18.7. The number of likely N-dealkylation sites (tertiary alicyclic amines) is 1. The fraction of sp³-hybridized carbons (Fsp3) is 0.909. The molecule has 15 heavy (non-hydrogen) atoms. The van der Waals surface area contributed by atoms with Crippen LogP contribution in [-0.4, -0.2) is 48.6 Å². The maximum Gasteiger partial charge on any atom is 0.319 e. The van der Waals surface area contributed by atoms with Gasteiger partial charge in [-0.25, -0.2) is 4.79 Å². The summed E-state index contributed by atoms with van der Waals surface area (Å²) in [5, 5.41) is 0. The van der Waals surface area contributed by atoms with E-state index in [0.29, 0.717) is 6.54 Å². The highest BCUT2D eigenvalue weighted by Crippen LogP contribution is 2.12. The van der Waals surface area contributed by atoms with Gasteiger partial charge < -0.3 is 15.5 Å². The first-order chi connectivity index (χ1) is 7.16. The molecule has 1 aliphatic heterocycles. The molecule has 0 spiro atoms. The van der Waals surface area contributed by atoms with E-state index < -0.39 is 0 Å². The molecule has 1 unspecified atom stereocenters. The molecule has 1 heterocycles. The molecule has 0 aliphatic carbocycles. The average Bonchev–Trinajstić information content (AvgIpc) is 2.28. The second kappa shape index (κ2) is 5.95. The van der Waals surface area contributed by atoms with Crippen LogP contribution >= 0.6 is 0 Å². The van der Waals surface area contributed by atoms with Gasteiger partial charge in [0.1, 0.15) is 0 Å². The monoisotopic (exact) mass is 213 g/mol. The van der Waals surface area contributed by atoms with E-state index in [2.05, 4.69) is 6.92 Å². The summed E-state index contributed by atoms with van der Waals surface area (Å²) in [6.45, 7) is 4.52. The summed E-state index contributed by atoms with van der Waals surface area (Å²) >= 11 is 0. The molecule has 4 heteroatoms. The van der Waals surface area contributed by atoms with Gasteiger partial charge in [-0.1, -0.05) is 0 Å². The largest absolute Gasteiger partial charge is 0.330 e. The van der Waals surface area contributed by atoms with Gasteiger partial charge >= 0.3 is 6.03 Å². The fourth-order valence-electron chi connectivity index (χ4n) is 1.93. The van der Waals surface area contributed by atoms with Crippen LogP contribution in [-0.2, 0) is 0 Å². The van der Waals surface area contributed by atoms with Crippen molar-refractivity contribution >= 4 is 6.03 Å². The van der Waals surface area contributed by atoms with Crippen molar-refractivity contribution in [3.8, 4) is 0 Å². The Bertz CT molecular complexity index is 202. The minimum atomic E-state index is 0.163. The summed E-state index contributed by atoms with van der Waals surface area (Å²) in [4.78, 5) is 15.8. The Labute approximate surface area is 92.4 Å². The number of carbonyl (C=O) groups is 1. The molecule has 2 amide bonds. The minimum Gasteiger partial charge on any atom is -0.330 e. The molecule has 0 aromatic carbocycles. The number of carbonyl (C=O) groups excluding carboxylic acids is 1. The van der Waals surface area contributed by atoms with Gasteiger partial charge in [0.15, 0.2) is 0 Å². The van der Waals surface area contributed by atoms with Crippen LogP contribution in [0.15, 0.2) is 0 Å². The zero-order valence-corrected chi connectivity index (χ0v) is 9.91. The van der Waals surface area contributed by atoms with Crippen LogP contribution in [0.25, 0.3) is 0 Å². The van der Waals surface area contributed by atoms with Crippen LogP contribution in [0.2, 0.25) is 0 Å². The highest BCUT2D eigenvalue weighted by Gasteiger charge is 2.22. The summed E-state index contributed by atoms with van der Waals surface area (Å²) in [6, 6.07) is 0.403. The molecule has 1 atom stereocenters. The Balaban J connectivity index is 2.43. The van der Waals surface area contributed by atoms with Crippen molar-refractivity contribution in [2.45, 2.75) is 38.6 Å². The molecule has 0 radical (unpaired) electrons. The lowest BCUT2D eigenvalue weighted by Gasteiger charge is -2.33. The lowest BCUT2D eigenvalue weighted by atomic mass is 10.1. The molecule has 4 nitrogen and oxygen atoms in total. The van der Waals surface area contributed by atoms with Gasteiger partial charge in [0.25, 0.3) is 0 Å². The van der Waals surface area contributed by atoms with Gasteiger partial charge in [-0.15, -0.1) is 0 Å². The maximum atomic E-state index is 12.0. The number of nitrogens with zero attached hydrogens (tertiary/aromatic N) is 2. The van der Waals surface area contributed by atoms with Crippen molar-refractivity contribution in [2.75, 3.05) is 26.7 Å². The molecule has 0 saturated carbocycles. The second-order valence-electron chi connectivity index (χ2n) is 4.37. The Hall–Kier alpha value is -0.770. The number of hydrogen-bond acceptors (Lipinski definition) is 2. The summed E-state index contributed by atoms with van der Waals surface area (Å²) in [6.07, 6.45) is 4.41. The molecule has 0 aromatic rings. The van der Waals surface area contributed by atoms with Crippen molar-refractivity contribution < 1.29 is 4.79 Å². The van der Waals surface area contributed by atoms with E-state index in [1.54, 1.807) is 0 Å². The van der Waals surface area contributed by atoms with Gasteiger partial charge in [-0.2, -0.15) is 0 Å². The van der Waals surface area contributed by atoms with E-state index >= 15 is 0 Å².